The van der Waals surface area contributed by atoms with Crippen LogP contribution in [0.1, 0.15) is 39.2 Å². The molecule has 1 saturated heterocycles. The van der Waals surface area contributed by atoms with Crippen LogP contribution >= 0.6 is 22.6 Å². The molecule has 2 rings (SSSR count). The normalized spacial score (nSPS) is 27.1. The minimum atomic E-state index is -1.13. The standard InChI is InChI=1S/C17H26INO3S/c1-17(2,3)23(21)19(11-13-7-5-4-6-8-13)12-14-9-10-15(18)16(20)22-14/h4-8,14-16,20H,9-12H2,1-3H3/t14-,15?,16?,23+/m0/s1. The molecule has 1 aromatic rings. The second-order valence-electron chi connectivity index (χ2n) is 6.91. The summed E-state index contributed by atoms with van der Waals surface area (Å²) in [6.45, 7) is 7.14. The molecule has 0 spiro atoms. The number of rotatable bonds is 5. The summed E-state index contributed by atoms with van der Waals surface area (Å²) in [5.41, 5.74) is 1.13. The first-order valence-corrected chi connectivity index (χ1v) is 10.3. The molecule has 1 heterocycles. The Morgan fingerprint density at radius 1 is 1.30 bits per heavy atom. The molecule has 1 aliphatic rings. The van der Waals surface area contributed by atoms with Gasteiger partial charge in [0.15, 0.2) is 6.29 Å². The van der Waals surface area contributed by atoms with Gasteiger partial charge in [0, 0.05) is 13.1 Å². The molecule has 0 saturated carbocycles. The molecule has 1 N–H and O–H groups in total. The summed E-state index contributed by atoms with van der Waals surface area (Å²) in [6, 6.07) is 10.1. The van der Waals surface area contributed by atoms with Crippen molar-refractivity contribution >= 4 is 33.6 Å². The Labute approximate surface area is 155 Å². The Kier molecular flexibility index (Phi) is 7.03. The highest BCUT2D eigenvalue weighted by molar-refractivity contribution is 14.1. The number of aliphatic hydroxyl groups is 1. The molecular weight excluding hydrogens is 425 g/mol. The van der Waals surface area contributed by atoms with Crippen LogP contribution in [0.3, 0.4) is 0 Å². The van der Waals surface area contributed by atoms with Crippen LogP contribution in [0.15, 0.2) is 30.3 Å². The predicted octanol–water partition coefficient (Wildman–Crippen LogP) is 3.25. The van der Waals surface area contributed by atoms with Crippen molar-refractivity contribution in [1.82, 2.24) is 4.31 Å². The average Bonchev–Trinajstić information content (AvgIpc) is 2.49. The van der Waals surface area contributed by atoms with Gasteiger partial charge in [-0.05, 0) is 39.2 Å². The third-order valence-corrected chi connectivity index (χ3v) is 6.81. The van der Waals surface area contributed by atoms with Gasteiger partial charge in [0.25, 0.3) is 0 Å². The molecule has 1 aromatic carbocycles. The highest BCUT2D eigenvalue weighted by Gasteiger charge is 2.33. The van der Waals surface area contributed by atoms with E-state index in [0.717, 1.165) is 18.4 Å². The molecular formula is C17H26INO3S. The third kappa shape index (κ3) is 5.77. The number of halogens is 1. The van der Waals surface area contributed by atoms with E-state index < -0.39 is 17.3 Å². The van der Waals surface area contributed by atoms with E-state index in [1.54, 1.807) is 0 Å². The van der Waals surface area contributed by atoms with Gasteiger partial charge in [-0.3, -0.25) is 0 Å². The molecule has 4 nitrogen and oxygen atoms in total. The van der Waals surface area contributed by atoms with E-state index in [0.29, 0.717) is 13.1 Å². The zero-order valence-corrected chi connectivity index (χ0v) is 16.9. The molecule has 1 aliphatic heterocycles. The second kappa shape index (κ2) is 8.38. The van der Waals surface area contributed by atoms with Crippen molar-refractivity contribution < 1.29 is 14.1 Å². The maximum Gasteiger partial charge on any atom is 0.166 e. The zero-order valence-electron chi connectivity index (χ0n) is 13.9. The fraction of sp³-hybridized carbons (Fsp3) is 0.647. The monoisotopic (exact) mass is 451 g/mol. The summed E-state index contributed by atoms with van der Waals surface area (Å²) in [5.74, 6) is 0. The smallest absolute Gasteiger partial charge is 0.166 e. The van der Waals surface area contributed by atoms with E-state index in [9.17, 15) is 9.32 Å². The van der Waals surface area contributed by atoms with Crippen LogP contribution in [-0.4, -0.2) is 41.2 Å². The van der Waals surface area contributed by atoms with Crippen molar-refractivity contribution in [3.63, 3.8) is 0 Å². The first-order valence-electron chi connectivity index (χ1n) is 7.96. The van der Waals surface area contributed by atoms with Gasteiger partial charge in [-0.15, -0.1) is 0 Å². The third-order valence-electron chi connectivity index (χ3n) is 3.77. The van der Waals surface area contributed by atoms with Crippen molar-refractivity contribution in [3.8, 4) is 0 Å². The number of hydrogen-bond donors (Lipinski definition) is 1. The molecule has 0 aromatic heterocycles. The highest BCUT2D eigenvalue weighted by atomic mass is 127. The summed E-state index contributed by atoms with van der Waals surface area (Å²) in [7, 11) is -1.13. The van der Waals surface area contributed by atoms with Crippen LogP contribution in [0.4, 0.5) is 0 Å². The number of hydrogen-bond acceptors (Lipinski definition) is 3. The van der Waals surface area contributed by atoms with Crippen LogP contribution in [0.2, 0.25) is 0 Å². The quantitative estimate of drug-likeness (QED) is 0.553. The lowest BCUT2D eigenvalue weighted by molar-refractivity contribution is -0.157. The van der Waals surface area contributed by atoms with Gasteiger partial charge in [0.2, 0.25) is 0 Å². The fourth-order valence-electron chi connectivity index (χ4n) is 2.56. The van der Waals surface area contributed by atoms with Gasteiger partial charge in [-0.25, -0.2) is 8.51 Å². The summed E-state index contributed by atoms with van der Waals surface area (Å²) >= 11 is 2.22. The van der Waals surface area contributed by atoms with Gasteiger partial charge in [0.05, 0.1) is 14.8 Å². The molecule has 23 heavy (non-hydrogen) atoms. The Bertz CT molecular complexity index is 520. The van der Waals surface area contributed by atoms with Crippen LogP contribution in [0, 0.1) is 0 Å². The number of benzene rings is 1. The number of ether oxygens (including phenoxy) is 1. The van der Waals surface area contributed by atoms with Gasteiger partial charge in [-0.2, -0.15) is 0 Å². The Morgan fingerprint density at radius 3 is 2.52 bits per heavy atom. The van der Waals surface area contributed by atoms with E-state index in [2.05, 4.69) is 22.6 Å². The number of nitrogens with zero attached hydrogens (tertiary/aromatic N) is 1. The van der Waals surface area contributed by atoms with E-state index in [-0.39, 0.29) is 14.8 Å². The zero-order chi connectivity index (χ0) is 17.0. The van der Waals surface area contributed by atoms with E-state index >= 15 is 0 Å². The minimum Gasteiger partial charge on any atom is -0.367 e. The Hall–Kier alpha value is -0.0200. The summed E-state index contributed by atoms with van der Waals surface area (Å²) in [5, 5.41) is 9.93. The molecule has 0 aliphatic carbocycles. The SMILES string of the molecule is CC(C)(C)[S@@](=O)N(Cc1ccccc1)C[C@@H]1CCC(I)C(O)O1. The van der Waals surface area contributed by atoms with Crippen molar-refractivity contribution in [2.75, 3.05) is 6.54 Å². The summed E-state index contributed by atoms with van der Waals surface area (Å²) in [6.07, 6.45) is 1.01. The van der Waals surface area contributed by atoms with Crippen LogP contribution in [0.5, 0.6) is 0 Å². The molecule has 0 bridgehead atoms. The van der Waals surface area contributed by atoms with Crippen LogP contribution in [-0.2, 0) is 22.3 Å². The lowest BCUT2D eigenvalue weighted by Gasteiger charge is -2.35. The van der Waals surface area contributed by atoms with Crippen LogP contribution in [0.25, 0.3) is 0 Å². The largest absolute Gasteiger partial charge is 0.367 e. The lowest BCUT2D eigenvalue weighted by Crippen LogP contribution is -2.45. The second-order valence-corrected chi connectivity index (χ2v) is 10.8. The highest BCUT2D eigenvalue weighted by Crippen LogP contribution is 2.27. The predicted molar refractivity (Wildman–Crippen MR) is 103 cm³/mol. The number of alkyl halides is 1. The van der Waals surface area contributed by atoms with Gasteiger partial charge in [-0.1, -0.05) is 52.9 Å². The molecule has 0 amide bonds. The van der Waals surface area contributed by atoms with Gasteiger partial charge in [0.1, 0.15) is 11.0 Å². The van der Waals surface area contributed by atoms with Gasteiger partial charge < -0.3 is 9.84 Å². The molecule has 130 valence electrons. The summed E-state index contributed by atoms with van der Waals surface area (Å²) in [4.78, 5) is 0. The average molecular weight is 451 g/mol. The Morgan fingerprint density at radius 2 is 1.96 bits per heavy atom. The topological polar surface area (TPSA) is 49.8 Å². The van der Waals surface area contributed by atoms with Crippen LogP contribution < -0.4 is 0 Å². The lowest BCUT2D eigenvalue weighted by atomic mass is 10.1. The van der Waals surface area contributed by atoms with E-state index in [1.807, 2.05) is 55.4 Å². The van der Waals surface area contributed by atoms with Crippen molar-refractivity contribution in [1.29, 1.82) is 0 Å². The van der Waals surface area contributed by atoms with E-state index in [4.69, 9.17) is 4.74 Å². The first kappa shape index (κ1) is 19.3. The molecule has 0 radical (unpaired) electrons. The molecule has 4 atom stereocenters. The Balaban J connectivity index is 2.09. The van der Waals surface area contributed by atoms with Gasteiger partial charge >= 0.3 is 0 Å². The van der Waals surface area contributed by atoms with Crippen molar-refractivity contribution in [3.05, 3.63) is 35.9 Å². The molecule has 1 fully saturated rings. The van der Waals surface area contributed by atoms with Crippen molar-refractivity contribution in [2.24, 2.45) is 0 Å². The molecule has 6 heteroatoms. The molecule has 2 unspecified atom stereocenters. The van der Waals surface area contributed by atoms with Crippen molar-refractivity contribution in [2.45, 2.75) is 61.2 Å². The summed E-state index contributed by atoms with van der Waals surface area (Å²) < 4.78 is 20.4. The minimum absolute atomic E-state index is 0.0778. The maximum atomic E-state index is 12.9. The first-order chi connectivity index (χ1) is 10.8. The number of aliphatic hydroxyl groups excluding tert-OH is 1. The van der Waals surface area contributed by atoms with E-state index in [1.165, 1.54) is 0 Å². The fourth-order valence-corrected chi connectivity index (χ4v) is 4.44. The maximum absolute atomic E-state index is 12.9.